The zero-order valence-electron chi connectivity index (χ0n) is 17.0. The fourth-order valence-electron chi connectivity index (χ4n) is 3.36. The van der Waals surface area contributed by atoms with E-state index in [0.29, 0.717) is 44.4 Å². The van der Waals surface area contributed by atoms with Gasteiger partial charge in [0, 0.05) is 38.4 Å². The van der Waals surface area contributed by atoms with Crippen molar-refractivity contribution in [2.24, 2.45) is 0 Å². The maximum atomic E-state index is 13.0. The lowest BCUT2D eigenvalue weighted by atomic mass is 10.3. The van der Waals surface area contributed by atoms with Crippen LogP contribution in [0.3, 0.4) is 0 Å². The number of anilines is 1. The highest BCUT2D eigenvalue weighted by molar-refractivity contribution is 7.89. The minimum Gasteiger partial charge on any atom is -0.494 e. The molecule has 0 unspecified atom stereocenters. The van der Waals surface area contributed by atoms with E-state index in [-0.39, 0.29) is 4.90 Å². The molecule has 0 N–H and O–H groups in total. The molecule has 0 saturated carbocycles. The van der Waals surface area contributed by atoms with Gasteiger partial charge in [-0.25, -0.2) is 23.1 Å². The van der Waals surface area contributed by atoms with E-state index in [1.807, 2.05) is 32.2 Å². The van der Waals surface area contributed by atoms with Gasteiger partial charge in [0.25, 0.3) is 0 Å². The second kappa shape index (κ2) is 8.41. The summed E-state index contributed by atoms with van der Waals surface area (Å²) in [5.74, 6) is 2.09. The van der Waals surface area contributed by atoms with Crippen LogP contribution in [-0.4, -0.2) is 65.3 Å². The van der Waals surface area contributed by atoms with E-state index in [0.717, 1.165) is 11.5 Å². The van der Waals surface area contributed by atoms with E-state index in [1.54, 1.807) is 28.9 Å². The van der Waals surface area contributed by atoms with E-state index in [2.05, 4.69) is 20.0 Å². The van der Waals surface area contributed by atoms with Crippen molar-refractivity contribution in [3.05, 3.63) is 54.6 Å². The third kappa shape index (κ3) is 4.14. The van der Waals surface area contributed by atoms with Gasteiger partial charge in [-0.15, -0.1) is 0 Å². The van der Waals surface area contributed by atoms with Crippen LogP contribution in [-0.2, 0) is 10.0 Å². The molecule has 3 aromatic rings. The Hall–Kier alpha value is -2.98. The van der Waals surface area contributed by atoms with E-state index in [1.165, 1.54) is 10.6 Å². The Morgan fingerprint density at radius 1 is 1.00 bits per heavy atom. The smallest absolute Gasteiger partial charge is 0.243 e. The zero-order chi connectivity index (χ0) is 21.1. The van der Waals surface area contributed by atoms with Crippen LogP contribution in [0, 0.1) is 6.92 Å². The molecule has 4 rings (SSSR count). The van der Waals surface area contributed by atoms with Gasteiger partial charge >= 0.3 is 0 Å². The van der Waals surface area contributed by atoms with Crippen molar-refractivity contribution in [2.45, 2.75) is 18.7 Å². The molecule has 1 aromatic carbocycles. The summed E-state index contributed by atoms with van der Waals surface area (Å²) in [6.45, 7) is 6.21. The predicted molar refractivity (Wildman–Crippen MR) is 112 cm³/mol. The van der Waals surface area contributed by atoms with Crippen molar-refractivity contribution in [3.8, 4) is 11.6 Å². The van der Waals surface area contributed by atoms with Gasteiger partial charge < -0.3 is 9.64 Å². The minimum atomic E-state index is -3.54. The number of ether oxygens (including phenoxy) is 1. The maximum Gasteiger partial charge on any atom is 0.243 e. The fourth-order valence-corrected chi connectivity index (χ4v) is 4.78. The van der Waals surface area contributed by atoms with E-state index in [4.69, 9.17) is 4.74 Å². The molecule has 0 spiro atoms. The van der Waals surface area contributed by atoms with Crippen molar-refractivity contribution < 1.29 is 13.2 Å². The second-order valence-electron chi connectivity index (χ2n) is 6.93. The first-order valence-electron chi connectivity index (χ1n) is 9.80. The molecule has 1 aliphatic heterocycles. The summed E-state index contributed by atoms with van der Waals surface area (Å²) in [5, 5.41) is 4.37. The average Bonchev–Trinajstić information content (AvgIpc) is 3.21. The Balaban J connectivity index is 1.44. The van der Waals surface area contributed by atoms with Crippen molar-refractivity contribution in [1.82, 2.24) is 24.1 Å². The largest absolute Gasteiger partial charge is 0.494 e. The maximum absolute atomic E-state index is 13.0. The van der Waals surface area contributed by atoms with E-state index >= 15 is 0 Å². The summed E-state index contributed by atoms with van der Waals surface area (Å²) in [5.41, 5.74) is 0.906. The molecule has 0 amide bonds. The third-order valence-corrected chi connectivity index (χ3v) is 6.84. The standard InChI is InChI=1S/C20H24N6O3S/c1-3-29-17-4-6-18(7-5-17)30(27,28)25-12-10-24(11-13-25)19-14-20(22-15-21-19)26-9-8-16(2)23-26/h4-9,14-15H,3,10-13H2,1-2H3. The summed E-state index contributed by atoms with van der Waals surface area (Å²) in [4.78, 5) is 11.0. The number of rotatable bonds is 6. The van der Waals surface area contributed by atoms with Gasteiger partial charge in [0.15, 0.2) is 5.82 Å². The molecule has 0 radical (unpaired) electrons. The third-order valence-electron chi connectivity index (χ3n) is 4.93. The molecule has 30 heavy (non-hydrogen) atoms. The summed E-state index contributed by atoms with van der Waals surface area (Å²) in [6, 6.07) is 10.3. The Morgan fingerprint density at radius 3 is 2.33 bits per heavy atom. The Labute approximate surface area is 176 Å². The summed E-state index contributed by atoms with van der Waals surface area (Å²) in [7, 11) is -3.54. The lowest BCUT2D eigenvalue weighted by Crippen LogP contribution is -2.48. The number of aryl methyl sites for hydroxylation is 1. The van der Waals surface area contributed by atoms with Crippen LogP contribution in [0.2, 0.25) is 0 Å². The Bertz CT molecular complexity index is 1110. The predicted octanol–water partition coefficient (Wildman–Crippen LogP) is 1.88. The lowest BCUT2D eigenvalue weighted by molar-refractivity contribution is 0.340. The zero-order valence-corrected chi connectivity index (χ0v) is 17.8. The van der Waals surface area contributed by atoms with Crippen molar-refractivity contribution in [2.75, 3.05) is 37.7 Å². The summed E-state index contributed by atoms with van der Waals surface area (Å²) in [6.07, 6.45) is 3.35. The number of piperazine rings is 1. The summed E-state index contributed by atoms with van der Waals surface area (Å²) < 4.78 is 34.5. The number of hydrogen-bond acceptors (Lipinski definition) is 7. The second-order valence-corrected chi connectivity index (χ2v) is 8.87. The van der Waals surface area contributed by atoms with Crippen LogP contribution in [0.4, 0.5) is 5.82 Å². The van der Waals surface area contributed by atoms with Gasteiger partial charge in [-0.05, 0) is 44.2 Å². The molecule has 1 saturated heterocycles. The Kier molecular flexibility index (Phi) is 5.69. The van der Waals surface area contributed by atoms with Crippen molar-refractivity contribution in [1.29, 1.82) is 0 Å². The molecule has 1 aliphatic rings. The SMILES string of the molecule is CCOc1ccc(S(=O)(=O)N2CCN(c3cc(-n4ccc(C)n4)ncn3)CC2)cc1. The minimum absolute atomic E-state index is 0.276. The van der Waals surface area contributed by atoms with Gasteiger partial charge in [0.05, 0.1) is 17.2 Å². The van der Waals surface area contributed by atoms with E-state index < -0.39 is 10.0 Å². The number of sulfonamides is 1. The van der Waals surface area contributed by atoms with Crippen LogP contribution >= 0.6 is 0 Å². The van der Waals surface area contributed by atoms with Gasteiger partial charge in [0.2, 0.25) is 10.0 Å². The lowest BCUT2D eigenvalue weighted by Gasteiger charge is -2.34. The molecular weight excluding hydrogens is 404 g/mol. The molecule has 2 aromatic heterocycles. The van der Waals surface area contributed by atoms with Crippen LogP contribution in [0.5, 0.6) is 5.75 Å². The molecule has 158 valence electrons. The molecule has 0 bridgehead atoms. The molecule has 10 heteroatoms. The molecule has 0 aliphatic carbocycles. The van der Waals surface area contributed by atoms with Gasteiger partial charge in [-0.3, -0.25) is 0 Å². The monoisotopic (exact) mass is 428 g/mol. The Morgan fingerprint density at radius 2 is 1.70 bits per heavy atom. The highest BCUT2D eigenvalue weighted by atomic mass is 32.2. The fraction of sp³-hybridized carbons (Fsp3) is 0.350. The number of nitrogens with zero attached hydrogens (tertiary/aromatic N) is 6. The average molecular weight is 429 g/mol. The quantitative estimate of drug-likeness (QED) is 0.592. The van der Waals surface area contributed by atoms with Gasteiger partial charge in [0.1, 0.15) is 17.9 Å². The highest BCUT2D eigenvalue weighted by Crippen LogP contribution is 2.22. The topological polar surface area (TPSA) is 93.5 Å². The normalized spacial score (nSPS) is 15.3. The first-order chi connectivity index (χ1) is 14.5. The number of aromatic nitrogens is 4. The van der Waals surface area contributed by atoms with Crippen LogP contribution in [0.15, 0.2) is 53.8 Å². The van der Waals surface area contributed by atoms with Crippen molar-refractivity contribution in [3.63, 3.8) is 0 Å². The number of hydrogen-bond donors (Lipinski definition) is 0. The molecular formula is C20H24N6O3S. The van der Waals surface area contributed by atoms with Crippen LogP contribution in [0.1, 0.15) is 12.6 Å². The van der Waals surface area contributed by atoms with Gasteiger partial charge in [-0.2, -0.15) is 9.40 Å². The van der Waals surface area contributed by atoms with Gasteiger partial charge in [-0.1, -0.05) is 0 Å². The molecule has 0 atom stereocenters. The summed E-state index contributed by atoms with van der Waals surface area (Å²) >= 11 is 0. The molecule has 1 fully saturated rings. The molecule has 3 heterocycles. The number of benzene rings is 1. The first kappa shape index (κ1) is 20.3. The highest BCUT2D eigenvalue weighted by Gasteiger charge is 2.29. The van der Waals surface area contributed by atoms with E-state index in [9.17, 15) is 8.42 Å². The molecule has 9 nitrogen and oxygen atoms in total. The van der Waals surface area contributed by atoms with Crippen molar-refractivity contribution >= 4 is 15.8 Å². The first-order valence-corrected chi connectivity index (χ1v) is 11.2. The van der Waals surface area contributed by atoms with Crippen LogP contribution < -0.4 is 9.64 Å². The van der Waals surface area contributed by atoms with Crippen LogP contribution in [0.25, 0.3) is 5.82 Å².